The van der Waals surface area contributed by atoms with Gasteiger partial charge in [-0.3, -0.25) is 0 Å². The number of hydrogen-bond donors (Lipinski definition) is 1. The average Bonchev–Trinajstić information content (AvgIpc) is 3.44. The van der Waals surface area contributed by atoms with Crippen LogP contribution in [0, 0.1) is 18.7 Å². The number of piperidine rings is 1. The van der Waals surface area contributed by atoms with Gasteiger partial charge in [0.15, 0.2) is 6.10 Å². The van der Waals surface area contributed by atoms with E-state index in [9.17, 15) is 9.90 Å². The smallest absolute Gasteiger partial charge is 0.337 e. The molecular weight excluding hydrogens is 597 g/mol. The van der Waals surface area contributed by atoms with Gasteiger partial charge in [-0.05, 0) is 102 Å². The van der Waals surface area contributed by atoms with Crippen LogP contribution in [0.5, 0.6) is 5.75 Å². The third-order valence-electron chi connectivity index (χ3n) is 9.31. The highest BCUT2D eigenvalue weighted by Gasteiger charge is 2.37. The van der Waals surface area contributed by atoms with Gasteiger partial charge in [-0.2, -0.15) is 5.10 Å². The Balaban J connectivity index is 1.53. The van der Waals surface area contributed by atoms with E-state index in [-0.39, 0.29) is 17.3 Å². The molecule has 0 saturated carbocycles. The number of aliphatic carboxylic acids is 1. The number of carbonyl (C=O) groups is 1. The minimum atomic E-state index is -1.17. The summed E-state index contributed by atoms with van der Waals surface area (Å²) in [7, 11) is 0. The van der Waals surface area contributed by atoms with Gasteiger partial charge in [0.1, 0.15) is 11.6 Å². The zero-order chi connectivity index (χ0) is 33.5. The number of hydrogen-bond acceptors (Lipinski definition) is 6. The molecule has 6 bridgehead atoms. The number of fused-ring (bicyclic) bond motifs is 8. The lowest BCUT2D eigenvalue weighted by molar-refractivity contribution is -0.160. The number of aromatic nitrogens is 2. The summed E-state index contributed by atoms with van der Waals surface area (Å²) < 4.78 is 36.2. The number of ether oxygens (including phenoxy) is 3. The van der Waals surface area contributed by atoms with E-state index >= 15 is 4.39 Å². The summed E-state index contributed by atoms with van der Waals surface area (Å²) in [5.74, 6) is -0.612. The highest BCUT2D eigenvalue weighted by molar-refractivity contribution is 5.87. The number of carboxylic acids is 1. The second-order valence-electron chi connectivity index (χ2n) is 14.4. The van der Waals surface area contributed by atoms with Gasteiger partial charge in [-0.15, -0.1) is 0 Å². The van der Waals surface area contributed by atoms with Gasteiger partial charge in [0, 0.05) is 37.0 Å². The van der Waals surface area contributed by atoms with E-state index in [1.54, 1.807) is 6.07 Å². The Bertz CT molecular complexity index is 1770. The summed E-state index contributed by atoms with van der Waals surface area (Å²) in [5, 5.41) is 15.5. The van der Waals surface area contributed by atoms with Crippen LogP contribution in [0.25, 0.3) is 27.9 Å². The second-order valence-corrected chi connectivity index (χ2v) is 14.4. The molecule has 5 heterocycles. The summed E-state index contributed by atoms with van der Waals surface area (Å²) in [6.07, 6.45) is 4.13. The van der Waals surface area contributed by atoms with Gasteiger partial charge < -0.3 is 24.2 Å². The number of rotatable bonds is 3. The first kappa shape index (κ1) is 33.0. The summed E-state index contributed by atoms with van der Waals surface area (Å²) in [4.78, 5) is 15.1. The van der Waals surface area contributed by atoms with Crippen LogP contribution >= 0.6 is 0 Å². The minimum Gasteiger partial charge on any atom is -0.493 e. The molecule has 4 aromatic rings. The maximum absolute atomic E-state index is 15.4. The Morgan fingerprint density at radius 3 is 2.57 bits per heavy atom. The van der Waals surface area contributed by atoms with Gasteiger partial charge >= 0.3 is 5.97 Å². The first-order chi connectivity index (χ1) is 22.3. The topological polar surface area (TPSA) is 85.5 Å². The van der Waals surface area contributed by atoms with E-state index < -0.39 is 17.7 Å². The Morgan fingerprint density at radius 2 is 1.85 bits per heavy atom. The van der Waals surface area contributed by atoms with Crippen molar-refractivity contribution < 1.29 is 28.5 Å². The van der Waals surface area contributed by atoms with Crippen molar-refractivity contribution in [3.8, 4) is 28.1 Å². The van der Waals surface area contributed by atoms with Gasteiger partial charge in [0.05, 0.1) is 40.3 Å². The van der Waals surface area contributed by atoms with Gasteiger partial charge in [0.2, 0.25) is 0 Å². The fourth-order valence-electron chi connectivity index (χ4n) is 6.79. The van der Waals surface area contributed by atoms with Crippen molar-refractivity contribution in [2.24, 2.45) is 5.92 Å². The monoisotopic (exact) mass is 643 g/mol. The molecule has 47 heavy (non-hydrogen) atoms. The van der Waals surface area contributed by atoms with Crippen LogP contribution in [-0.2, 0) is 14.3 Å². The molecule has 2 aromatic carbocycles. The number of nitrogens with zero attached hydrogens (tertiary/aromatic N) is 3. The molecule has 0 amide bonds. The van der Waals surface area contributed by atoms with Crippen LogP contribution in [0.1, 0.15) is 77.5 Å². The predicted molar refractivity (Wildman–Crippen MR) is 182 cm³/mol. The number of pyridine rings is 1. The lowest BCUT2D eigenvalue weighted by Crippen LogP contribution is -2.45. The lowest BCUT2D eigenvalue weighted by atomic mass is 9.91. The van der Waals surface area contributed by atoms with E-state index in [1.807, 2.05) is 74.8 Å². The lowest BCUT2D eigenvalue weighted by Gasteiger charge is -2.42. The van der Waals surface area contributed by atoms with Crippen molar-refractivity contribution in [1.29, 1.82) is 0 Å². The zero-order valence-corrected chi connectivity index (χ0v) is 28.3. The second kappa shape index (κ2) is 12.9. The molecule has 0 radical (unpaired) electrons. The average molecular weight is 644 g/mol. The first-order valence-corrected chi connectivity index (χ1v) is 16.7. The van der Waals surface area contributed by atoms with Crippen molar-refractivity contribution in [3.63, 3.8) is 0 Å². The molecule has 1 saturated heterocycles. The molecule has 7 rings (SSSR count). The van der Waals surface area contributed by atoms with Crippen molar-refractivity contribution in [3.05, 3.63) is 71.7 Å². The number of anilines is 1. The summed E-state index contributed by atoms with van der Waals surface area (Å²) in [5.41, 5.74) is 4.66. The van der Waals surface area contributed by atoms with Crippen molar-refractivity contribution >= 4 is 17.2 Å². The standard InChI is InChI=1S/C38H46FN3O5/c1-24-10-9-19-46-38(6)15-17-41(18-16-38)34-30-21-29(40-42(30)22-25(2)32(34)35(36(43)44)47-37(3,4)5)26-11-7-12-27(20-26)33-28(39)13-8-14-31(33)45-23-24/h7-8,11-14,20-22,24,35H,9-10,15-19,23H2,1-6H3,(H,43,44)/t24-,35-/m0/s1. The maximum atomic E-state index is 15.4. The molecule has 0 spiro atoms. The van der Waals surface area contributed by atoms with Crippen molar-refractivity contribution in [1.82, 2.24) is 9.61 Å². The molecule has 1 N–H and O–H groups in total. The van der Waals surface area contributed by atoms with E-state index in [0.29, 0.717) is 54.4 Å². The molecule has 0 unspecified atom stereocenters. The zero-order valence-electron chi connectivity index (χ0n) is 28.3. The summed E-state index contributed by atoms with van der Waals surface area (Å²) in [6, 6.07) is 14.6. The highest BCUT2D eigenvalue weighted by atomic mass is 19.1. The van der Waals surface area contributed by atoms with Crippen LogP contribution in [0.2, 0.25) is 0 Å². The third kappa shape index (κ3) is 7.02. The molecule has 2 atom stereocenters. The molecule has 1 fully saturated rings. The Labute approximate surface area is 276 Å². The van der Waals surface area contributed by atoms with Gasteiger partial charge in [0.25, 0.3) is 0 Å². The highest BCUT2D eigenvalue weighted by Crippen LogP contribution is 2.42. The molecule has 3 aliphatic rings. The quantitative estimate of drug-likeness (QED) is 0.241. The normalized spacial score (nSPS) is 21.3. The van der Waals surface area contributed by atoms with E-state index in [0.717, 1.165) is 48.0 Å². The van der Waals surface area contributed by atoms with Gasteiger partial charge in [-0.1, -0.05) is 31.2 Å². The third-order valence-corrected chi connectivity index (χ3v) is 9.31. The maximum Gasteiger partial charge on any atom is 0.337 e. The van der Waals surface area contributed by atoms with E-state index in [2.05, 4.69) is 18.7 Å². The molecule has 9 heteroatoms. The number of carboxylic acid groups (broad SMARTS) is 1. The van der Waals surface area contributed by atoms with Crippen LogP contribution in [0.4, 0.5) is 10.1 Å². The number of halogens is 1. The Kier molecular flexibility index (Phi) is 9.06. The van der Waals surface area contributed by atoms with E-state index in [4.69, 9.17) is 19.3 Å². The van der Waals surface area contributed by atoms with Crippen LogP contribution in [0.15, 0.2) is 54.7 Å². The first-order valence-electron chi connectivity index (χ1n) is 16.7. The molecule has 3 aliphatic heterocycles. The number of benzene rings is 2. The fraction of sp³-hybridized carbons (Fsp3) is 0.474. The molecule has 250 valence electrons. The van der Waals surface area contributed by atoms with Crippen molar-refractivity contribution in [2.75, 3.05) is 31.2 Å². The Morgan fingerprint density at radius 1 is 1.13 bits per heavy atom. The molecular formula is C38H46FN3O5. The SMILES string of the molecule is Cc1cn2nc3cc2c(c1[C@H](OC(C)(C)C)C(=O)O)N1CCC(C)(CC1)OCCC[C@H](C)COc1cccc(F)c1-c1cccc-3c1. The number of aryl methyl sites for hydroxylation is 1. The molecule has 2 aromatic heterocycles. The van der Waals surface area contributed by atoms with Crippen molar-refractivity contribution in [2.45, 2.75) is 84.5 Å². The molecule has 8 nitrogen and oxygen atoms in total. The van der Waals surface area contributed by atoms with Gasteiger partial charge in [-0.25, -0.2) is 13.7 Å². The Hall–Kier alpha value is -3.95. The molecule has 0 aliphatic carbocycles. The minimum absolute atomic E-state index is 0.268. The predicted octanol–water partition coefficient (Wildman–Crippen LogP) is 8.24. The van der Waals surface area contributed by atoms with Crippen LogP contribution < -0.4 is 9.64 Å². The van der Waals surface area contributed by atoms with Crippen LogP contribution in [0.3, 0.4) is 0 Å². The fourth-order valence-corrected chi connectivity index (χ4v) is 6.79. The summed E-state index contributed by atoms with van der Waals surface area (Å²) >= 11 is 0. The summed E-state index contributed by atoms with van der Waals surface area (Å²) in [6.45, 7) is 14.4. The van der Waals surface area contributed by atoms with E-state index in [1.165, 1.54) is 6.07 Å². The van der Waals surface area contributed by atoms with Crippen LogP contribution in [-0.4, -0.2) is 58.2 Å². The largest absolute Gasteiger partial charge is 0.493 e.